The van der Waals surface area contributed by atoms with Gasteiger partial charge in [0.1, 0.15) is 5.82 Å². The van der Waals surface area contributed by atoms with Crippen LogP contribution >= 0.6 is 0 Å². The summed E-state index contributed by atoms with van der Waals surface area (Å²) >= 11 is 0. The zero-order valence-electron chi connectivity index (χ0n) is 14.5. The summed E-state index contributed by atoms with van der Waals surface area (Å²) in [6.07, 6.45) is 4.12. The van der Waals surface area contributed by atoms with E-state index in [4.69, 9.17) is 4.52 Å². The van der Waals surface area contributed by atoms with Crippen molar-refractivity contribution in [2.75, 3.05) is 13.1 Å². The fourth-order valence-electron chi connectivity index (χ4n) is 3.05. The third-order valence-electron chi connectivity index (χ3n) is 4.55. The normalized spacial score (nSPS) is 16.5. The van der Waals surface area contributed by atoms with Gasteiger partial charge in [0.2, 0.25) is 0 Å². The van der Waals surface area contributed by atoms with Gasteiger partial charge in [0.15, 0.2) is 5.82 Å². The molecule has 1 saturated heterocycles. The van der Waals surface area contributed by atoms with E-state index < -0.39 is 0 Å². The van der Waals surface area contributed by atoms with Crippen LogP contribution in [0.1, 0.15) is 23.7 Å². The predicted molar refractivity (Wildman–Crippen MR) is 95.1 cm³/mol. The zero-order valence-corrected chi connectivity index (χ0v) is 14.5. The minimum atomic E-state index is -0.293. The van der Waals surface area contributed by atoms with Gasteiger partial charge in [0, 0.05) is 37.9 Å². The van der Waals surface area contributed by atoms with Crippen molar-refractivity contribution in [1.29, 1.82) is 0 Å². The van der Waals surface area contributed by atoms with Crippen molar-refractivity contribution < 1.29 is 13.7 Å². The highest BCUT2D eigenvalue weighted by molar-refractivity contribution is 5.74. The van der Waals surface area contributed by atoms with Crippen molar-refractivity contribution in [1.82, 2.24) is 25.3 Å². The van der Waals surface area contributed by atoms with Crippen molar-refractivity contribution in [3.8, 4) is 11.5 Å². The minimum absolute atomic E-state index is 0.0377. The molecular weight excluding hydrogens is 349 g/mol. The van der Waals surface area contributed by atoms with Crippen LogP contribution in [0.3, 0.4) is 0 Å². The molecule has 3 heterocycles. The van der Waals surface area contributed by atoms with E-state index >= 15 is 0 Å². The van der Waals surface area contributed by atoms with Crippen LogP contribution in [0, 0.1) is 5.82 Å². The number of carbonyl (C=O) groups is 1. The number of nitrogens with one attached hydrogen (secondary N) is 1. The van der Waals surface area contributed by atoms with Crippen LogP contribution in [-0.2, 0) is 6.54 Å². The van der Waals surface area contributed by atoms with Gasteiger partial charge in [-0.25, -0.2) is 9.18 Å². The first-order chi connectivity index (χ1) is 13.2. The molecule has 0 spiro atoms. The van der Waals surface area contributed by atoms with Gasteiger partial charge < -0.3 is 14.7 Å². The van der Waals surface area contributed by atoms with Crippen molar-refractivity contribution in [3.63, 3.8) is 0 Å². The van der Waals surface area contributed by atoms with Crippen LogP contribution < -0.4 is 5.32 Å². The molecular formula is C19H18FN5O2. The Morgan fingerprint density at radius 2 is 2.15 bits per heavy atom. The van der Waals surface area contributed by atoms with E-state index in [0.717, 1.165) is 17.5 Å². The van der Waals surface area contributed by atoms with E-state index in [-0.39, 0.29) is 17.8 Å². The van der Waals surface area contributed by atoms with E-state index in [0.29, 0.717) is 31.3 Å². The lowest BCUT2D eigenvalue weighted by Crippen LogP contribution is -2.38. The Bertz CT molecular complexity index is 913. The number of likely N-dealkylation sites (tertiary alicyclic amines) is 1. The summed E-state index contributed by atoms with van der Waals surface area (Å²) < 4.78 is 18.3. The smallest absolute Gasteiger partial charge is 0.317 e. The molecule has 0 saturated carbocycles. The van der Waals surface area contributed by atoms with Crippen molar-refractivity contribution in [2.24, 2.45) is 0 Å². The molecule has 8 heteroatoms. The second-order valence-electron chi connectivity index (χ2n) is 6.42. The SMILES string of the molecule is O=C(NCc1ccc(F)cc1)N1CCC(c2noc(-c3cccnc3)n2)C1. The molecule has 1 aliphatic heterocycles. The second-order valence-corrected chi connectivity index (χ2v) is 6.42. The Morgan fingerprint density at radius 1 is 1.30 bits per heavy atom. The van der Waals surface area contributed by atoms with Gasteiger partial charge in [-0.05, 0) is 36.2 Å². The number of hydrogen-bond donors (Lipinski definition) is 1. The van der Waals surface area contributed by atoms with E-state index in [2.05, 4.69) is 20.4 Å². The molecule has 0 bridgehead atoms. The standard InChI is InChI=1S/C19H18FN5O2/c20-16-5-3-13(4-6-16)10-22-19(26)25-9-7-15(12-25)17-23-18(27-24-17)14-2-1-8-21-11-14/h1-6,8,11,15H,7,9-10,12H2,(H,22,26). The van der Waals surface area contributed by atoms with Crippen LogP contribution in [0.2, 0.25) is 0 Å². The fraction of sp³-hybridized carbons (Fsp3) is 0.263. The van der Waals surface area contributed by atoms with Gasteiger partial charge in [0.05, 0.1) is 5.56 Å². The van der Waals surface area contributed by atoms with Crippen LogP contribution in [0.25, 0.3) is 11.5 Å². The van der Waals surface area contributed by atoms with Gasteiger partial charge in [0.25, 0.3) is 5.89 Å². The number of benzene rings is 1. The number of amides is 2. The molecule has 0 radical (unpaired) electrons. The molecule has 1 aliphatic rings. The van der Waals surface area contributed by atoms with Gasteiger partial charge in [-0.2, -0.15) is 4.98 Å². The Kier molecular flexibility index (Phi) is 4.78. The zero-order chi connectivity index (χ0) is 18.6. The topological polar surface area (TPSA) is 84.2 Å². The van der Waals surface area contributed by atoms with Gasteiger partial charge in [-0.15, -0.1) is 0 Å². The third-order valence-corrected chi connectivity index (χ3v) is 4.55. The molecule has 0 aliphatic carbocycles. The van der Waals surface area contributed by atoms with E-state index in [9.17, 15) is 9.18 Å². The number of pyridine rings is 1. The quantitative estimate of drug-likeness (QED) is 0.766. The summed E-state index contributed by atoms with van der Waals surface area (Å²) in [7, 11) is 0. The highest BCUT2D eigenvalue weighted by Gasteiger charge is 2.30. The molecule has 1 N–H and O–H groups in total. The summed E-state index contributed by atoms with van der Waals surface area (Å²) in [5.41, 5.74) is 1.61. The van der Waals surface area contributed by atoms with Crippen LogP contribution in [-0.4, -0.2) is 39.1 Å². The molecule has 1 fully saturated rings. The number of halogens is 1. The van der Waals surface area contributed by atoms with Gasteiger partial charge in [-0.1, -0.05) is 17.3 Å². The maximum atomic E-state index is 12.9. The predicted octanol–water partition coefficient (Wildman–Crippen LogP) is 2.97. The summed E-state index contributed by atoms with van der Waals surface area (Å²) in [5, 5.41) is 6.92. The molecule has 1 atom stereocenters. The largest absolute Gasteiger partial charge is 0.334 e. The first-order valence-corrected chi connectivity index (χ1v) is 8.70. The maximum Gasteiger partial charge on any atom is 0.317 e. The summed E-state index contributed by atoms with van der Waals surface area (Å²) in [6, 6.07) is 9.57. The highest BCUT2D eigenvalue weighted by atomic mass is 19.1. The summed E-state index contributed by atoms with van der Waals surface area (Å²) in [5.74, 6) is 0.772. The average Bonchev–Trinajstić information content (AvgIpc) is 3.37. The Morgan fingerprint density at radius 3 is 2.93 bits per heavy atom. The van der Waals surface area contributed by atoms with Crippen molar-refractivity contribution >= 4 is 6.03 Å². The molecule has 138 valence electrons. The number of aromatic nitrogens is 3. The van der Waals surface area contributed by atoms with E-state index in [1.807, 2.05) is 12.1 Å². The number of rotatable bonds is 4. The Labute approximate surface area is 155 Å². The number of carbonyl (C=O) groups excluding carboxylic acids is 1. The lowest BCUT2D eigenvalue weighted by atomic mass is 10.1. The molecule has 1 aromatic carbocycles. The molecule has 2 amide bonds. The molecule has 3 aromatic rings. The van der Waals surface area contributed by atoms with Crippen molar-refractivity contribution in [3.05, 3.63) is 66.0 Å². The number of hydrogen-bond acceptors (Lipinski definition) is 5. The van der Waals surface area contributed by atoms with Crippen LogP contribution in [0.15, 0.2) is 53.3 Å². The monoisotopic (exact) mass is 367 g/mol. The molecule has 1 unspecified atom stereocenters. The lowest BCUT2D eigenvalue weighted by Gasteiger charge is -2.16. The fourth-order valence-corrected chi connectivity index (χ4v) is 3.05. The number of urea groups is 1. The minimum Gasteiger partial charge on any atom is -0.334 e. The van der Waals surface area contributed by atoms with Gasteiger partial charge >= 0.3 is 6.03 Å². The van der Waals surface area contributed by atoms with Crippen molar-refractivity contribution in [2.45, 2.75) is 18.9 Å². The molecule has 2 aromatic heterocycles. The molecule has 27 heavy (non-hydrogen) atoms. The maximum absolute atomic E-state index is 12.9. The first kappa shape index (κ1) is 17.1. The molecule has 4 rings (SSSR count). The first-order valence-electron chi connectivity index (χ1n) is 8.70. The van der Waals surface area contributed by atoms with Crippen LogP contribution in [0.4, 0.5) is 9.18 Å². The average molecular weight is 367 g/mol. The highest BCUT2D eigenvalue weighted by Crippen LogP contribution is 2.27. The summed E-state index contributed by atoms with van der Waals surface area (Å²) in [4.78, 5) is 22.6. The van der Waals surface area contributed by atoms with E-state index in [1.165, 1.54) is 12.1 Å². The second kappa shape index (κ2) is 7.53. The van der Waals surface area contributed by atoms with Crippen LogP contribution in [0.5, 0.6) is 0 Å². The Balaban J connectivity index is 1.34. The molecule has 7 nitrogen and oxygen atoms in total. The van der Waals surface area contributed by atoms with Gasteiger partial charge in [-0.3, -0.25) is 4.98 Å². The number of nitrogens with zero attached hydrogens (tertiary/aromatic N) is 4. The Hall–Kier alpha value is -3.29. The van der Waals surface area contributed by atoms with E-state index in [1.54, 1.807) is 29.4 Å². The third kappa shape index (κ3) is 3.94. The summed E-state index contributed by atoms with van der Waals surface area (Å²) in [6.45, 7) is 1.51. The lowest BCUT2D eigenvalue weighted by molar-refractivity contribution is 0.207.